The van der Waals surface area contributed by atoms with Gasteiger partial charge in [-0.15, -0.1) is 0 Å². The first kappa shape index (κ1) is 19.3. The van der Waals surface area contributed by atoms with Crippen molar-refractivity contribution in [3.05, 3.63) is 52.0 Å². The molecule has 0 amide bonds. The summed E-state index contributed by atoms with van der Waals surface area (Å²) in [4.78, 5) is 0. The SMILES string of the molecule is COc1ccc(Oc2c(Cl)cc(C3(C(C)(C)C)OCCO3)cc2Cl)cc1. The predicted octanol–water partition coefficient (Wildman–Crippen LogP) is 6.04. The van der Waals surface area contributed by atoms with Gasteiger partial charge in [0.2, 0.25) is 0 Å². The van der Waals surface area contributed by atoms with Crippen LogP contribution < -0.4 is 9.47 Å². The number of methoxy groups -OCH3 is 1. The molecule has 2 aromatic rings. The first-order valence-electron chi connectivity index (χ1n) is 8.36. The highest BCUT2D eigenvalue weighted by atomic mass is 35.5. The minimum atomic E-state index is -0.890. The van der Waals surface area contributed by atoms with Crippen molar-refractivity contribution in [2.75, 3.05) is 20.3 Å². The van der Waals surface area contributed by atoms with Gasteiger partial charge < -0.3 is 18.9 Å². The molecule has 0 bridgehead atoms. The maximum absolute atomic E-state index is 6.49. The summed E-state index contributed by atoms with van der Waals surface area (Å²) >= 11 is 13.0. The summed E-state index contributed by atoms with van der Waals surface area (Å²) in [6, 6.07) is 10.8. The summed E-state index contributed by atoms with van der Waals surface area (Å²) in [5, 5.41) is 0.789. The number of hydrogen-bond donors (Lipinski definition) is 0. The van der Waals surface area contributed by atoms with E-state index < -0.39 is 5.79 Å². The van der Waals surface area contributed by atoms with Crippen LogP contribution in [-0.4, -0.2) is 20.3 Å². The molecule has 2 aromatic carbocycles. The molecule has 26 heavy (non-hydrogen) atoms. The molecule has 0 atom stereocenters. The van der Waals surface area contributed by atoms with Gasteiger partial charge in [0.1, 0.15) is 11.5 Å². The highest BCUT2D eigenvalue weighted by Crippen LogP contribution is 2.49. The molecule has 6 heteroatoms. The number of halogens is 2. The fourth-order valence-electron chi connectivity index (χ4n) is 3.05. The zero-order valence-electron chi connectivity index (χ0n) is 15.3. The van der Waals surface area contributed by atoms with Crippen molar-refractivity contribution >= 4 is 23.2 Å². The van der Waals surface area contributed by atoms with E-state index in [1.54, 1.807) is 43.5 Å². The Kier molecular flexibility index (Phi) is 5.40. The highest BCUT2D eigenvalue weighted by molar-refractivity contribution is 6.37. The molecule has 1 saturated heterocycles. The summed E-state index contributed by atoms with van der Waals surface area (Å²) in [5.41, 5.74) is 0.480. The van der Waals surface area contributed by atoms with Crippen molar-refractivity contribution in [2.24, 2.45) is 5.41 Å². The highest BCUT2D eigenvalue weighted by Gasteiger charge is 2.49. The Labute approximate surface area is 163 Å². The van der Waals surface area contributed by atoms with E-state index in [2.05, 4.69) is 20.8 Å². The average molecular weight is 397 g/mol. The number of ether oxygens (including phenoxy) is 4. The Morgan fingerprint density at radius 3 is 1.88 bits per heavy atom. The van der Waals surface area contributed by atoms with Gasteiger partial charge >= 0.3 is 0 Å². The fraction of sp³-hybridized carbons (Fsp3) is 0.400. The second kappa shape index (κ2) is 7.28. The van der Waals surface area contributed by atoms with Crippen molar-refractivity contribution in [3.63, 3.8) is 0 Å². The van der Waals surface area contributed by atoms with Crippen LogP contribution in [0.2, 0.25) is 10.0 Å². The molecule has 0 radical (unpaired) electrons. The molecular weight excluding hydrogens is 375 g/mol. The van der Waals surface area contributed by atoms with Crippen LogP contribution in [0.25, 0.3) is 0 Å². The largest absolute Gasteiger partial charge is 0.497 e. The lowest BCUT2D eigenvalue weighted by Crippen LogP contribution is -2.41. The van der Waals surface area contributed by atoms with E-state index >= 15 is 0 Å². The molecule has 0 aliphatic carbocycles. The smallest absolute Gasteiger partial charge is 0.200 e. The molecular formula is C20H22Cl2O4. The standard InChI is InChI=1S/C20H22Cl2O4/c1-19(2,3)20(24-9-10-25-20)13-11-16(21)18(17(22)12-13)26-15-7-5-14(23-4)6-8-15/h5-8,11-12H,9-10H2,1-4H3. The van der Waals surface area contributed by atoms with Crippen LogP contribution in [0.3, 0.4) is 0 Å². The van der Waals surface area contributed by atoms with E-state index in [4.69, 9.17) is 42.1 Å². The maximum atomic E-state index is 6.49. The van der Waals surface area contributed by atoms with Crippen LogP contribution in [0.15, 0.2) is 36.4 Å². The molecule has 1 fully saturated rings. The van der Waals surface area contributed by atoms with Crippen LogP contribution in [0.4, 0.5) is 0 Å². The zero-order valence-corrected chi connectivity index (χ0v) is 16.8. The lowest BCUT2D eigenvalue weighted by molar-refractivity contribution is -0.232. The number of rotatable bonds is 4. The zero-order chi connectivity index (χ0) is 18.9. The topological polar surface area (TPSA) is 36.9 Å². The Morgan fingerprint density at radius 1 is 0.923 bits per heavy atom. The van der Waals surface area contributed by atoms with Gasteiger partial charge in [-0.25, -0.2) is 0 Å². The van der Waals surface area contributed by atoms with Gasteiger partial charge in [0.25, 0.3) is 0 Å². The molecule has 3 rings (SSSR count). The van der Waals surface area contributed by atoms with E-state index in [0.29, 0.717) is 34.8 Å². The van der Waals surface area contributed by atoms with Gasteiger partial charge in [0, 0.05) is 11.0 Å². The minimum absolute atomic E-state index is 0.297. The molecule has 0 aromatic heterocycles. The Balaban J connectivity index is 1.95. The lowest BCUT2D eigenvalue weighted by atomic mass is 9.81. The first-order chi connectivity index (χ1) is 12.3. The molecule has 0 spiro atoms. The van der Waals surface area contributed by atoms with Crippen LogP contribution in [0.5, 0.6) is 17.2 Å². The van der Waals surface area contributed by atoms with Crippen LogP contribution in [0, 0.1) is 5.41 Å². The normalized spacial score (nSPS) is 16.5. The van der Waals surface area contributed by atoms with E-state index in [1.165, 1.54) is 0 Å². The quantitative estimate of drug-likeness (QED) is 0.630. The molecule has 0 unspecified atom stereocenters. The second-order valence-corrected chi connectivity index (χ2v) is 7.92. The average Bonchev–Trinajstić information content (AvgIpc) is 3.09. The molecule has 1 aliphatic heterocycles. The minimum Gasteiger partial charge on any atom is -0.497 e. The van der Waals surface area contributed by atoms with Crippen LogP contribution in [-0.2, 0) is 15.3 Å². The monoisotopic (exact) mass is 396 g/mol. The van der Waals surface area contributed by atoms with Crippen molar-refractivity contribution < 1.29 is 18.9 Å². The second-order valence-electron chi connectivity index (χ2n) is 7.11. The Hall–Kier alpha value is -1.46. The number of hydrogen-bond acceptors (Lipinski definition) is 4. The summed E-state index contributed by atoms with van der Waals surface area (Å²) in [5.74, 6) is 0.858. The molecule has 4 nitrogen and oxygen atoms in total. The fourth-order valence-corrected chi connectivity index (χ4v) is 3.62. The van der Waals surface area contributed by atoms with E-state index in [9.17, 15) is 0 Å². The van der Waals surface area contributed by atoms with Gasteiger partial charge in [-0.2, -0.15) is 0 Å². The van der Waals surface area contributed by atoms with Crippen LogP contribution >= 0.6 is 23.2 Å². The van der Waals surface area contributed by atoms with Gasteiger partial charge in [-0.05, 0) is 36.4 Å². The molecule has 1 aliphatic rings. The van der Waals surface area contributed by atoms with Crippen molar-refractivity contribution in [1.82, 2.24) is 0 Å². The summed E-state index contributed by atoms with van der Waals surface area (Å²) in [6.07, 6.45) is 0. The molecule has 0 saturated carbocycles. The van der Waals surface area contributed by atoms with Gasteiger partial charge in [-0.1, -0.05) is 44.0 Å². The molecule has 0 N–H and O–H groups in total. The summed E-state index contributed by atoms with van der Waals surface area (Å²) < 4.78 is 23.0. The Bertz CT molecular complexity index is 752. The molecule has 1 heterocycles. The van der Waals surface area contributed by atoms with E-state index in [-0.39, 0.29) is 5.41 Å². The Morgan fingerprint density at radius 2 is 1.42 bits per heavy atom. The number of benzene rings is 2. The van der Waals surface area contributed by atoms with Crippen molar-refractivity contribution in [1.29, 1.82) is 0 Å². The third-order valence-electron chi connectivity index (χ3n) is 4.34. The van der Waals surface area contributed by atoms with Crippen LogP contribution in [0.1, 0.15) is 26.3 Å². The summed E-state index contributed by atoms with van der Waals surface area (Å²) in [7, 11) is 1.61. The third kappa shape index (κ3) is 3.52. The first-order valence-corrected chi connectivity index (χ1v) is 9.12. The van der Waals surface area contributed by atoms with Gasteiger partial charge in [-0.3, -0.25) is 0 Å². The third-order valence-corrected chi connectivity index (χ3v) is 4.90. The predicted molar refractivity (Wildman–Crippen MR) is 103 cm³/mol. The summed E-state index contributed by atoms with van der Waals surface area (Å²) in [6.45, 7) is 7.22. The van der Waals surface area contributed by atoms with Crippen molar-refractivity contribution in [2.45, 2.75) is 26.6 Å². The van der Waals surface area contributed by atoms with Gasteiger partial charge in [0.15, 0.2) is 11.5 Å². The van der Waals surface area contributed by atoms with Gasteiger partial charge in [0.05, 0.1) is 30.4 Å². The van der Waals surface area contributed by atoms with E-state index in [0.717, 1.165) is 11.3 Å². The maximum Gasteiger partial charge on any atom is 0.200 e. The molecule has 140 valence electrons. The lowest BCUT2D eigenvalue weighted by Gasteiger charge is -2.40. The van der Waals surface area contributed by atoms with Crippen molar-refractivity contribution in [3.8, 4) is 17.2 Å². The van der Waals surface area contributed by atoms with E-state index in [1.807, 2.05) is 0 Å².